The van der Waals surface area contributed by atoms with E-state index in [1.807, 2.05) is 67.6 Å². The number of hydrogen-bond acceptors (Lipinski definition) is 5. The molecule has 0 spiro atoms. The molecule has 0 aromatic heterocycles. The Balaban J connectivity index is 1.38. The first-order valence-electron chi connectivity index (χ1n) is 11.6. The minimum Gasteiger partial charge on any atom is -0.490 e. The van der Waals surface area contributed by atoms with Crippen LogP contribution >= 0.6 is 50.3 Å². The van der Waals surface area contributed by atoms with Crippen LogP contribution in [0.2, 0.25) is 0 Å². The average Bonchev–Trinajstić information content (AvgIpc) is 3.23. The van der Waals surface area contributed by atoms with E-state index < -0.39 is 0 Å². The van der Waals surface area contributed by atoms with Crippen molar-refractivity contribution in [2.24, 2.45) is 4.99 Å². The number of halogens is 2. The maximum atomic E-state index is 12.6. The molecule has 1 aliphatic rings. The first kappa shape index (κ1) is 25.8. The van der Waals surface area contributed by atoms with Crippen molar-refractivity contribution in [1.29, 1.82) is 0 Å². The van der Waals surface area contributed by atoms with Gasteiger partial charge in [0.2, 0.25) is 0 Å². The number of aliphatic imine (C=N–C) groups is 1. The van der Waals surface area contributed by atoms with Gasteiger partial charge in [-0.05, 0) is 106 Å². The second-order valence-electron chi connectivity index (χ2n) is 8.15. The molecular formula is C29H22BrIN2O3S. The average molecular weight is 685 g/mol. The molecule has 186 valence electrons. The number of hydrogen-bond donors (Lipinski definition) is 1. The Labute approximate surface area is 241 Å². The van der Waals surface area contributed by atoms with Gasteiger partial charge in [0, 0.05) is 4.47 Å². The third kappa shape index (κ3) is 6.19. The molecule has 4 aromatic carbocycles. The van der Waals surface area contributed by atoms with Crippen molar-refractivity contribution >= 4 is 83.9 Å². The van der Waals surface area contributed by atoms with Crippen LogP contribution in [0.5, 0.6) is 11.5 Å². The van der Waals surface area contributed by atoms with Gasteiger partial charge in [-0.2, -0.15) is 0 Å². The number of benzene rings is 4. The number of ether oxygens (including phenoxy) is 2. The van der Waals surface area contributed by atoms with E-state index in [4.69, 9.17) is 9.47 Å². The fraction of sp³-hybridized carbons (Fsp3) is 0.103. The second kappa shape index (κ2) is 11.7. The first-order chi connectivity index (χ1) is 18.0. The molecule has 4 aromatic rings. The van der Waals surface area contributed by atoms with Crippen LogP contribution < -0.4 is 14.8 Å². The van der Waals surface area contributed by atoms with E-state index >= 15 is 0 Å². The van der Waals surface area contributed by atoms with Crippen LogP contribution in [-0.2, 0) is 11.4 Å². The fourth-order valence-electron chi connectivity index (χ4n) is 3.91. The molecule has 0 unspecified atom stereocenters. The highest BCUT2D eigenvalue weighted by Gasteiger charge is 2.24. The Morgan fingerprint density at radius 2 is 1.81 bits per heavy atom. The third-order valence-electron chi connectivity index (χ3n) is 5.59. The largest absolute Gasteiger partial charge is 0.490 e. The highest BCUT2D eigenvalue weighted by molar-refractivity contribution is 14.1. The molecule has 1 amide bonds. The second-order valence-corrected chi connectivity index (χ2v) is 11.3. The van der Waals surface area contributed by atoms with E-state index in [9.17, 15) is 4.79 Å². The molecule has 0 bridgehead atoms. The lowest BCUT2D eigenvalue weighted by Crippen LogP contribution is -2.19. The Kier molecular flexibility index (Phi) is 8.17. The fourth-order valence-corrected chi connectivity index (χ4v) is 5.79. The summed E-state index contributed by atoms with van der Waals surface area (Å²) in [5, 5.41) is 5.74. The smallest absolute Gasteiger partial charge is 0.264 e. The van der Waals surface area contributed by atoms with E-state index in [1.165, 1.54) is 22.5 Å². The van der Waals surface area contributed by atoms with Gasteiger partial charge in [-0.25, -0.2) is 4.99 Å². The topological polar surface area (TPSA) is 59.9 Å². The molecular weight excluding hydrogens is 663 g/mol. The summed E-state index contributed by atoms with van der Waals surface area (Å²) in [4.78, 5) is 17.7. The normalized spacial score (nSPS) is 15.4. The van der Waals surface area contributed by atoms with E-state index in [2.05, 4.69) is 73.1 Å². The van der Waals surface area contributed by atoms with Gasteiger partial charge in [-0.15, -0.1) is 0 Å². The molecule has 0 saturated carbocycles. The molecule has 0 atom stereocenters. The number of rotatable bonds is 7. The Bertz CT molecular complexity index is 1530. The summed E-state index contributed by atoms with van der Waals surface area (Å²) >= 11 is 6.99. The molecule has 37 heavy (non-hydrogen) atoms. The van der Waals surface area contributed by atoms with Gasteiger partial charge in [0.1, 0.15) is 6.61 Å². The van der Waals surface area contributed by atoms with E-state index in [-0.39, 0.29) is 5.91 Å². The number of carbonyl (C=O) groups excluding carboxylic acids is 1. The lowest BCUT2D eigenvalue weighted by molar-refractivity contribution is -0.115. The Hall–Kier alpha value is -2.82. The lowest BCUT2D eigenvalue weighted by atomic mass is 10.1. The van der Waals surface area contributed by atoms with Crippen molar-refractivity contribution in [3.63, 3.8) is 0 Å². The molecule has 1 heterocycles. The van der Waals surface area contributed by atoms with E-state index in [0.717, 1.165) is 24.9 Å². The molecule has 1 saturated heterocycles. The predicted octanol–water partition coefficient (Wildman–Crippen LogP) is 8.08. The van der Waals surface area contributed by atoms with Gasteiger partial charge in [0.25, 0.3) is 5.91 Å². The summed E-state index contributed by atoms with van der Waals surface area (Å²) in [7, 11) is 0. The molecule has 1 aliphatic heterocycles. The number of amidine groups is 1. The van der Waals surface area contributed by atoms with Crippen LogP contribution in [0.1, 0.15) is 18.1 Å². The van der Waals surface area contributed by atoms with Crippen LogP contribution in [0.25, 0.3) is 16.8 Å². The van der Waals surface area contributed by atoms with Crippen LogP contribution in [0.4, 0.5) is 5.69 Å². The molecule has 5 nitrogen and oxygen atoms in total. The van der Waals surface area contributed by atoms with Crippen LogP contribution in [0.15, 0.2) is 93.2 Å². The Morgan fingerprint density at radius 3 is 2.62 bits per heavy atom. The zero-order valence-corrected chi connectivity index (χ0v) is 24.4. The minimum absolute atomic E-state index is 0.176. The quantitative estimate of drug-likeness (QED) is 0.158. The number of thioether (sulfide) groups is 1. The van der Waals surface area contributed by atoms with Crippen LogP contribution in [0.3, 0.4) is 0 Å². The monoisotopic (exact) mass is 684 g/mol. The predicted molar refractivity (Wildman–Crippen MR) is 164 cm³/mol. The number of carbonyl (C=O) groups is 1. The van der Waals surface area contributed by atoms with Gasteiger partial charge in [-0.1, -0.05) is 58.4 Å². The summed E-state index contributed by atoms with van der Waals surface area (Å²) in [5.41, 5.74) is 2.74. The lowest BCUT2D eigenvalue weighted by Gasteiger charge is -2.16. The van der Waals surface area contributed by atoms with Crippen molar-refractivity contribution in [2.45, 2.75) is 13.5 Å². The third-order valence-corrected chi connectivity index (χ3v) is 7.83. The summed E-state index contributed by atoms with van der Waals surface area (Å²) in [6, 6.07) is 26.0. The van der Waals surface area contributed by atoms with Crippen molar-refractivity contribution < 1.29 is 14.3 Å². The summed E-state index contributed by atoms with van der Waals surface area (Å²) < 4.78 is 14.1. The highest BCUT2D eigenvalue weighted by atomic mass is 127. The van der Waals surface area contributed by atoms with Crippen molar-refractivity contribution in [3.8, 4) is 11.5 Å². The van der Waals surface area contributed by atoms with Crippen LogP contribution in [0, 0.1) is 3.57 Å². The minimum atomic E-state index is -0.176. The van der Waals surface area contributed by atoms with Gasteiger partial charge in [0.05, 0.1) is 20.8 Å². The first-order valence-corrected chi connectivity index (χ1v) is 14.3. The van der Waals surface area contributed by atoms with Gasteiger partial charge >= 0.3 is 0 Å². The number of nitrogens with zero attached hydrogens (tertiary/aromatic N) is 1. The number of nitrogens with one attached hydrogen (secondary N) is 1. The van der Waals surface area contributed by atoms with Gasteiger partial charge in [0.15, 0.2) is 16.7 Å². The van der Waals surface area contributed by atoms with E-state index in [1.54, 1.807) is 0 Å². The molecule has 0 aliphatic carbocycles. The number of fused-ring (bicyclic) bond motifs is 1. The van der Waals surface area contributed by atoms with E-state index in [0.29, 0.717) is 34.8 Å². The maximum Gasteiger partial charge on any atom is 0.264 e. The summed E-state index contributed by atoms with van der Waals surface area (Å²) in [5.74, 6) is 1.16. The molecule has 0 radical (unpaired) electrons. The standard InChI is InChI=1S/C29H22BrIN2O3S/c1-2-35-25-15-18(16-26-28(34)33-29(37-26)32-22-12-10-21(30)11-13-22)14-24(31)27(25)36-17-20-8-5-7-19-6-3-4-9-23(19)20/h3-16H,2,17H2,1H3,(H,32,33,34)/b26-16+. The molecule has 5 rings (SSSR count). The van der Waals surface area contributed by atoms with Crippen LogP contribution in [-0.4, -0.2) is 17.7 Å². The van der Waals surface area contributed by atoms with Crippen molar-refractivity contribution in [3.05, 3.63) is 103 Å². The van der Waals surface area contributed by atoms with Crippen molar-refractivity contribution in [2.75, 3.05) is 6.61 Å². The molecule has 1 N–H and O–H groups in total. The van der Waals surface area contributed by atoms with Gasteiger partial charge in [-0.3, -0.25) is 4.79 Å². The summed E-state index contributed by atoms with van der Waals surface area (Å²) in [6.07, 6.45) is 1.85. The summed E-state index contributed by atoms with van der Waals surface area (Å²) in [6.45, 7) is 2.86. The molecule has 8 heteroatoms. The molecule has 1 fully saturated rings. The van der Waals surface area contributed by atoms with Crippen molar-refractivity contribution in [1.82, 2.24) is 5.32 Å². The van der Waals surface area contributed by atoms with Gasteiger partial charge < -0.3 is 14.8 Å². The highest BCUT2D eigenvalue weighted by Crippen LogP contribution is 2.37. The maximum absolute atomic E-state index is 12.6. The Morgan fingerprint density at radius 1 is 1.03 bits per heavy atom. The zero-order chi connectivity index (χ0) is 25.8. The zero-order valence-electron chi connectivity index (χ0n) is 19.8. The number of amides is 1. The SMILES string of the molecule is CCOc1cc(/C=C2/SC(=Nc3ccc(Br)cc3)NC2=O)cc(I)c1OCc1cccc2ccccc12.